The Hall–Kier alpha value is -3.74. The highest BCUT2D eigenvalue weighted by Gasteiger charge is 2.07. The quantitative estimate of drug-likeness (QED) is 0.538. The minimum Gasteiger partial charge on any atom is -0.350 e. The van der Waals surface area contributed by atoms with Crippen LogP contribution in [0.3, 0.4) is 0 Å². The Morgan fingerprint density at radius 2 is 1.82 bits per heavy atom. The maximum atomic E-state index is 13.4. The number of carbonyl (C=O) groups excluding carboxylic acids is 1. The number of carbonyl (C=O) groups is 1. The zero-order chi connectivity index (χ0) is 19.3. The Morgan fingerprint density at radius 3 is 2.61 bits per heavy atom. The monoisotopic (exact) mass is 375 g/mol. The minimum atomic E-state index is -0.272. The molecule has 4 aromatic rings. The average Bonchev–Trinajstić information content (AvgIpc) is 3.11. The number of halogens is 1. The summed E-state index contributed by atoms with van der Waals surface area (Å²) < 4.78 is 15.4. The fourth-order valence-electron chi connectivity index (χ4n) is 2.94. The number of nitrogens with zero attached hydrogens (tertiary/aromatic N) is 3. The lowest BCUT2D eigenvalue weighted by Gasteiger charge is -2.09. The highest BCUT2D eigenvalue weighted by Crippen LogP contribution is 2.17. The first-order chi connectivity index (χ1) is 13.7. The predicted octanol–water partition coefficient (Wildman–Crippen LogP) is 3.74. The number of hydrogen-bond acceptors (Lipinski definition) is 4. The second-order valence-electron chi connectivity index (χ2n) is 6.24. The lowest BCUT2D eigenvalue weighted by molar-refractivity contribution is 0.0952. The topological polar surface area (TPSA) is 71.8 Å². The number of benzene rings is 2. The molecule has 0 radical (unpaired) electrons. The third-order valence-corrected chi connectivity index (χ3v) is 4.34. The van der Waals surface area contributed by atoms with Crippen molar-refractivity contribution < 1.29 is 9.18 Å². The highest BCUT2D eigenvalue weighted by molar-refractivity contribution is 5.94. The molecule has 2 aromatic heterocycles. The second-order valence-corrected chi connectivity index (χ2v) is 6.24. The molecule has 0 spiro atoms. The molecule has 1 amide bonds. The molecule has 4 rings (SSSR count). The first-order valence-corrected chi connectivity index (χ1v) is 8.86. The van der Waals surface area contributed by atoms with E-state index in [2.05, 4.69) is 20.6 Å². The van der Waals surface area contributed by atoms with Crippen LogP contribution in [0.15, 0.2) is 73.2 Å². The Morgan fingerprint density at radius 1 is 1.04 bits per heavy atom. The van der Waals surface area contributed by atoms with Gasteiger partial charge in [0.1, 0.15) is 5.82 Å². The van der Waals surface area contributed by atoms with E-state index in [1.165, 1.54) is 12.1 Å². The van der Waals surface area contributed by atoms with Crippen LogP contribution in [0, 0.1) is 5.82 Å². The van der Waals surface area contributed by atoms with E-state index in [1.54, 1.807) is 48.8 Å². The van der Waals surface area contributed by atoms with Gasteiger partial charge in [0.2, 0.25) is 5.95 Å². The van der Waals surface area contributed by atoms with Crippen molar-refractivity contribution in [1.82, 2.24) is 19.9 Å². The fraction of sp³-hybridized carbons (Fsp3) is 0.0952. The molecule has 0 saturated heterocycles. The molecule has 0 aliphatic rings. The summed E-state index contributed by atoms with van der Waals surface area (Å²) in [4.78, 5) is 20.5. The molecule has 7 heteroatoms. The van der Waals surface area contributed by atoms with Gasteiger partial charge < -0.3 is 15.2 Å². The van der Waals surface area contributed by atoms with E-state index < -0.39 is 0 Å². The predicted molar refractivity (Wildman–Crippen MR) is 106 cm³/mol. The van der Waals surface area contributed by atoms with Crippen molar-refractivity contribution in [1.29, 1.82) is 0 Å². The maximum absolute atomic E-state index is 13.4. The van der Waals surface area contributed by atoms with Gasteiger partial charge in [-0.1, -0.05) is 0 Å². The van der Waals surface area contributed by atoms with Crippen molar-refractivity contribution >= 4 is 28.4 Å². The number of aromatic nitrogens is 3. The van der Waals surface area contributed by atoms with Crippen molar-refractivity contribution in [2.75, 3.05) is 11.9 Å². The third kappa shape index (κ3) is 3.98. The summed E-state index contributed by atoms with van der Waals surface area (Å²) in [5.74, 6) is 0.0614. The summed E-state index contributed by atoms with van der Waals surface area (Å²) in [6.07, 6.45) is 5.20. The van der Waals surface area contributed by atoms with Gasteiger partial charge in [-0.15, -0.1) is 0 Å². The van der Waals surface area contributed by atoms with Crippen molar-refractivity contribution in [3.05, 3.63) is 84.6 Å². The summed E-state index contributed by atoms with van der Waals surface area (Å²) >= 11 is 0. The average molecular weight is 375 g/mol. The lowest BCUT2D eigenvalue weighted by atomic mass is 10.2. The Balaban J connectivity index is 1.34. The molecule has 2 heterocycles. The number of anilines is 2. The van der Waals surface area contributed by atoms with Crippen LogP contribution in [-0.4, -0.2) is 27.0 Å². The molecule has 140 valence electrons. The van der Waals surface area contributed by atoms with Gasteiger partial charge in [0.15, 0.2) is 0 Å². The van der Waals surface area contributed by atoms with E-state index in [0.29, 0.717) is 24.6 Å². The molecule has 0 atom stereocenters. The van der Waals surface area contributed by atoms with E-state index in [-0.39, 0.29) is 11.7 Å². The molecule has 0 saturated carbocycles. The summed E-state index contributed by atoms with van der Waals surface area (Å²) in [6, 6.07) is 15.4. The molecule has 2 aromatic carbocycles. The van der Waals surface area contributed by atoms with Crippen molar-refractivity contribution in [3.63, 3.8) is 0 Å². The van der Waals surface area contributed by atoms with Crippen LogP contribution >= 0.6 is 0 Å². The van der Waals surface area contributed by atoms with Crippen LogP contribution < -0.4 is 10.6 Å². The van der Waals surface area contributed by atoms with Gasteiger partial charge in [-0.25, -0.2) is 14.4 Å². The second kappa shape index (κ2) is 7.87. The molecule has 0 aliphatic carbocycles. The molecule has 28 heavy (non-hydrogen) atoms. The molecule has 0 fully saturated rings. The van der Waals surface area contributed by atoms with E-state index >= 15 is 0 Å². The van der Waals surface area contributed by atoms with Crippen LogP contribution in [0.1, 0.15) is 10.4 Å². The van der Waals surface area contributed by atoms with Gasteiger partial charge in [-0.3, -0.25) is 4.79 Å². The van der Waals surface area contributed by atoms with E-state index in [9.17, 15) is 9.18 Å². The molecular weight excluding hydrogens is 357 g/mol. The van der Waals surface area contributed by atoms with Gasteiger partial charge in [-0.2, -0.15) is 0 Å². The van der Waals surface area contributed by atoms with Gasteiger partial charge in [0.05, 0.1) is 5.52 Å². The number of fused-ring (bicyclic) bond motifs is 1. The normalized spacial score (nSPS) is 10.8. The number of hydrogen-bond donors (Lipinski definition) is 2. The Labute approximate surface area is 161 Å². The van der Waals surface area contributed by atoms with Gasteiger partial charge >= 0.3 is 0 Å². The van der Waals surface area contributed by atoms with Gasteiger partial charge in [0, 0.05) is 42.9 Å². The van der Waals surface area contributed by atoms with Gasteiger partial charge in [-0.05, 0) is 60.0 Å². The van der Waals surface area contributed by atoms with Crippen LogP contribution in [0.4, 0.5) is 16.0 Å². The van der Waals surface area contributed by atoms with Gasteiger partial charge in [0.25, 0.3) is 5.91 Å². The minimum absolute atomic E-state index is 0.162. The zero-order valence-electron chi connectivity index (χ0n) is 15.0. The summed E-state index contributed by atoms with van der Waals surface area (Å²) in [6.45, 7) is 1.00. The molecule has 2 N–H and O–H groups in total. The van der Waals surface area contributed by atoms with Crippen LogP contribution in [0.25, 0.3) is 10.9 Å². The largest absolute Gasteiger partial charge is 0.350 e. The summed E-state index contributed by atoms with van der Waals surface area (Å²) in [5, 5.41) is 6.92. The molecule has 0 bridgehead atoms. The van der Waals surface area contributed by atoms with Crippen LogP contribution in [0.5, 0.6) is 0 Å². The summed E-state index contributed by atoms with van der Waals surface area (Å²) in [7, 11) is 0. The smallest absolute Gasteiger partial charge is 0.251 e. The van der Waals surface area contributed by atoms with Crippen molar-refractivity contribution in [2.24, 2.45) is 0 Å². The van der Waals surface area contributed by atoms with E-state index in [4.69, 9.17) is 0 Å². The number of rotatable bonds is 6. The molecule has 6 nitrogen and oxygen atoms in total. The standard InChI is InChI=1S/C21H18FN5O/c22-17-5-2-15-8-12-27(19(15)14-17)13-11-23-20(28)16-3-6-18(7-4-16)26-21-24-9-1-10-25-21/h1-10,12,14H,11,13H2,(H,23,28)(H,24,25,26). The SMILES string of the molecule is O=C(NCCn1ccc2ccc(F)cc21)c1ccc(Nc2ncccn2)cc1. The number of nitrogens with one attached hydrogen (secondary N) is 2. The first-order valence-electron chi connectivity index (χ1n) is 8.86. The van der Waals surface area contributed by atoms with E-state index in [0.717, 1.165) is 16.6 Å². The Kier molecular flexibility index (Phi) is 4.97. The Bertz CT molecular complexity index is 1090. The highest BCUT2D eigenvalue weighted by atomic mass is 19.1. The van der Waals surface area contributed by atoms with E-state index in [1.807, 2.05) is 16.8 Å². The van der Waals surface area contributed by atoms with Crippen LogP contribution in [-0.2, 0) is 6.54 Å². The van der Waals surface area contributed by atoms with Crippen molar-refractivity contribution in [3.8, 4) is 0 Å². The van der Waals surface area contributed by atoms with Crippen molar-refractivity contribution in [2.45, 2.75) is 6.54 Å². The lowest BCUT2D eigenvalue weighted by Crippen LogP contribution is -2.27. The molecule has 0 aliphatic heterocycles. The molecule has 0 unspecified atom stereocenters. The maximum Gasteiger partial charge on any atom is 0.251 e. The number of amides is 1. The van der Waals surface area contributed by atoms with Crippen LogP contribution in [0.2, 0.25) is 0 Å². The summed E-state index contributed by atoms with van der Waals surface area (Å²) in [5.41, 5.74) is 2.17. The zero-order valence-corrected chi connectivity index (χ0v) is 15.0. The third-order valence-electron chi connectivity index (χ3n) is 4.34. The fourth-order valence-corrected chi connectivity index (χ4v) is 2.94. The molecular formula is C21H18FN5O. The first kappa shape index (κ1) is 17.7.